The Morgan fingerprint density at radius 2 is 1.27 bits per heavy atom. The molecule has 0 bridgehead atoms. The van der Waals surface area contributed by atoms with Gasteiger partial charge in [-0.1, -0.05) is 13.2 Å². The predicted octanol–water partition coefficient (Wildman–Crippen LogP) is 1.09. The van der Waals surface area contributed by atoms with Crippen LogP contribution in [0.15, 0.2) is 25.3 Å². The van der Waals surface area contributed by atoms with Gasteiger partial charge in [0, 0.05) is 29.5 Å². The van der Waals surface area contributed by atoms with E-state index >= 15 is 0 Å². The largest absolute Gasteiger partial charge is 0.463 e. The molecule has 0 N–H and O–H groups in total. The molecule has 0 heterocycles. The number of hydrogen-bond donors (Lipinski definition) is 0. The lowest BCUT2D eigenvalue weighted by Gasteiger charge is -1.90. The fourth-order valence-corrected chi connectivity index (χ4v) is 0.402. The van der Waals surface area contributed by atoms with Crippen molar-refractivity contribution in [1.82, 2.24) is 0 Å². The van der Waals surface area contributed by atoms with Gasteiger partial charge >= 0.3 is 11.9 Å². The molecular weight excluding hydrogens is 211 g/mol. The Hall–Kier alpha value is -1.05. The summed E-state index contributed by atoms with van der Waals surface area (Å²) >= 11 is 0. The summed E-state index contributed by atoms with van der Waals surface area (Å²) in [6.07, 6.45) is 2.28. The van der Waals surface area contributed by atoms with Crippen molar-refractivity contribution in [2.45, 2.75) is 13.8 Å². The molecule has 0 saturated carbocycles. The van der Waals surface area contributed by atoms with Gasteiger partial charge < -0.3 is 9.47 Å². The van der Waals surface area contributed by atoms with E-state index in [-0.39, 0.29) is 29.3 Å². The third-order valence-corrected chi connectivity index (χ3v) is 0.907. The molecule has 0 aromatic heterocycles. The smallest absolute Gasteiger partial charge is 0.330 e. The molecule has 0 saturated heterocycles. The summed E-state index contributed by atoms with van der Waals surface area (Å²) in [5, 5.41) is 0. The van der Waals surface area contributed by atoms with Gasteiger partial charge in [-0.25, -0.2) is 9.59 Å². The Morgan fingerprint density at radius 1 is 1.00 bits per heavy atom. The maximum atomic E-state index is 10.1. The molecule has 0 aliphatic carbocycles. The second-order valence-electron chi connectivity index (χ2n) is 1.91. The summed E-state index contributed by atoms with van der Waals surface area (Å²) in [7, 11) is 0. The first-order chi connectivity index (χ1) is 6.62. The lowest BCUT2D eigenvalue weighted by atomic mass is 10.6. The van der Waals surface area contributed by atoms with Gasteiger partial charge in [0.25, 0.3) is 0 Å². The average molecular weight is 227 g/mol. The molecule has 4 nitrogen and oxygen atoms in total. The average Bonchev–Trinajstić information content (AvgIpc) is 2.19. The van der Waals surface area contributed by atoms with Crippen LogP contribution in [0.3, 0.4) is 0 Å². The summed E-state index contributed by atoms with van der Waals surface area (Å²) in [5.41, 5.74) is 0. The SMILES string of the molecule is C=CC(=O)OCC.C=CC(=O)OCC.[Al]. The van der Waals surface area contributed by atoms with Crippen LogP contribution in [0.4, 0.5) is 0 Å². The molecule has 0 amide bonds. The van der Waals surface area contributed by atoms with E-state index in [1.54, 1.807) is 13.8 Å². The quantitative estimate of drug-likeness (QED) is 0.410. The second-order valence-corrected chi connectivity index (χ2v) is 1.91. The third-order valence-electron chi connectivity index (χ3n) is 0.907. The van der Waals surface area contributed by atoms with Crippen LogP contribution in [-0.4, -0.2) is 42.5 Å². The Balaban J connectivity index is -0.000000180. The fraction of sp³-hybridized carbons (Fsp3) is 0.400. The van der Waals surface area contributed by atoms with Crippen LogP contribution in [0.25, 0.3) is 0 Å². The minimum atomic E-state index is -0.359. The minimum Gasteiger partial charge on any atom is -0.463 e. The molecule has 0 fully saturated rings. The van der Waals surface area contributed by atoms with Gasteiger partial charge in [0.1, 0.15) is 0 Å². The molecule has 0 atom stereocenters. The summed E-state index contributed by atoms with van der Waals surface area (Å²) < 4.78 is 8.87. The number of carbonyl (C=O) groups excluding carboxylic acids is 2. The van der Waals surface area contributed by atoms with Gasteiger partial charge in [-0.05, 0) is 13.8 Å². The monoisotopic (exact) mass is 227 g/mol. The highest BCUT2D eigenvalue weighted by atomic mass is 27.0. The van der Waals surface area contributed by atoms with Gasteiger partial charge in [-0.3, -0.25) is 0 Å². The minimum absolute atomic E-state index is 0. The van der Waals surface area contributed by atoms with Crippen molar-refractivity contribution in [2.24, 2.45) is 0 Å². The summed E-state index contributed by atoms with van der Waals surface area (Å²) in [5.74, 6) is -0.718. The van der Waals surface area contributed by atoms with Crippen molar-refractivity contribution in [3.63, 3.8) is 0 Å². The summed E-state index contributed by atoms with van der Waals surface area (Å²) in [4.78, 5) is 20.1. The molecule has 5 heteroatoms. The number of carbonyl (C=O) groups is 2. The van der Waals surface area contributed by atoms with E-state index < -0.39 is 0 Å². The highest BCUT2D eigenvalue weighted by molar-refractivity contribution is 5.81. The zero-order valence-corrected chi connectivity index (χ0v) is 10.3. The van der Waals surface area contributed by atoms with E-state index in [1.165, 1.54) is 0 Å². The number of rotatable bonds is 4. The predicted molar refractivity (Wildman–Crippen MR) is 59.4 cm³/mol. The molecule has 15 heavy (non-hydrogen) atoms. The number of ether oxygens (including phenoxy) is 2. The molecule has 0 spiro atoms. The zero-order chi connectivity index (χ0) is 11.4. The maximum absolute atomic E-state index is 10.1. The van der Waals surface area contributed by atoms with Gasteiger partial charge in [0.2, 0.25) is 0 Å². The van der Waals surface area contributed by atoms with Crippen molar-refractivity contribution in [3.8, 4) is 0 Å². The lowest BCUT2D eigenvalue weighted by molar-refractivity contribution is -0.138. The van der Waals surface area contributed by atoms with Crippen LogP contribution in [0.2, 0.25) is 0 Å². The van der Waals surface area contributed by atoms with E-state index in [2.05, 4.69) is 22.6 Å². The van der Waals surface area contributed by atoms with Crippen LogP contribution < -0.4 is 0 Å². The normalized spacial score (nSPS) is 7.07. The first kappa shape index (κ1) is 19.5. The van der Waals surface area contributed by atoms with E-state index in [0.29, 0.717) is 13.2 Å². The van der Waals surface area contributed by atoms with Crippen LogP contribution >= 0.6 is 0 Å². The molecular formula is C10H16AlO4. The van der Waals surface area contributed by atoms with Crippen LogP contribution in [-0.2, 0) is 19.1 Å². The van der Waals surface area contributed by atoms with Crippen molar-refractivity contribution < 1.29 is 19.1 Å². The summed E-state index contributed by atoms with van der Waals surface area (Å²) in [6, 6.07) is 0. The fourth-order valence-electron chi connectivity index (χ4n) is 0.402. The second kappa shape index (κ2) is 15.4. The van der Waals surface area contributed by atoms with E-state index in [4.69, 9.17) is 0 Å². The lowest BCUT2D eigenvalue weighted by Crippen LogP contribution is -1.97. The molecule has 0 aliphatic rings. The number of hydrogen-bond acceptors (Lipinski definition) is 4. The van der Waals surface area contributed by atoms with Gasteiger partial charge in [-0.15, -0.1) is 0 Å². The third kappa shape index (κ3) is 19.4. The van der Waals surface area contributed by atoms with Gasteiger partial charge in [0.15, 0.2) is 0 Å². The van der Waals surface area contributed by atoms with Crippen molar-refractivity contribution >= 4 is 29.3 Å². The van der Waals surface area contributed by atoms with E-state index in [9.17, 15) is 9.59 Å². The van der Waals surface area contributed by atoms with Crippen LogP contribution in [0.5, 0.6) is 0 Å². The zero-order valence-electron chi connectivity index (χ0n) is 9.19. The van der Waals surface area contributed by atoms with Crippen molar-refractivity contribution in [2.75, 3.05) is 13.2 Å². The van der Waals surface area contributed by atoms with Gasteiger partial charge in [-0.2, -0.15) is 0 Å². The van der Waals surface area contributed by atoms with Crippen molar-refractivity contribution in [3.05, 3.63) is 25.3 Å². The molecule has 3 radical (unpaired) electrons. The topological polar surface area (TPSA) is 52.6 Å². The van der Waals surface area contributed by atoms with Crippen LogP contribution in [0, 0.1) is 0 Å². The Labute approximate surface area is 101 Å². The number of esters is 2. The van der Waals surface area contributed by atoms with E-state index in [0.717, 1.165) is 12.2 Å². The summed E-state index contributed by atoms with van der Waals surface area (Å²) in [6.45, 7) is 10.8. The van der Waals surface area contributed by atoms with Gasteiger partial charge in [0.05, 0.1) is 13.2 Å². The standard InChI is InChI=1S/2C5H8O2.Al/c2*1-3-5(6)7-4-2;/h2*3H,1,4H2,2H3;. The molecule has 83 valence electrons. The Bertz CT molecular complexity index is 180. The highest BCUT2D eigenvalue weighted by Gasteiger charge is 1.87. The first-order valence-electron chi connectivity index (χ1n) is 4.20. The molecule has 0 rings (SSSR count). The van der Waals surface area contributed by atoms with Crippen molar-refractivity contribution in [1.29, 1.82) is 0 Å². The Morgan fingerprint density at radius 3 is 1.33 bits per heavy atom. The molecule has 0 aromatic rings. The highest BCUT2D eigenvalue weighted by Crippen LogP contribution is 1.75. The van der Waals surface area contributed by atoms with Crippen LogP contribution in [0.1, 0.15) is 13.8 Å². The Kier molecular flexibility index (Phi) is 20.1. The maximum Gasteiger partial charge on any atom is 0.330 e. The first-order valence-corrected chi connectivity index (χ1v) is 4.20. The molecule has 0 aliphatic heterocycles. The molecule has 0 unspecified atom stereocenters. The molecule has 0 aromatic carbocycles. The van der Waals surface area contributed by atoms with E-state index in [1.807, 2.05) is 0 Å².